The summed E-state index contributed by atoms with van der Waals surface area (Å²) < 4.78 is 18.8. The van der Waals surface area contributed by atoms with E-state index in [9.17, 15) is 9.18 Å². The second-order valence-corrected chi connectivity index (χ2v) is 7.44. The van der Waals surface area contributed by atoms with E-state index in [1.165, 1.54) is 0 Å². The minimum atomic E-state index is -0.468. The molecule has 1 aromatic rings. The summed E-state index contributed by atoms with van der Waals surface area (Å²) in [5.74, 6) is -0.126. The summed E-state index contributed by atoms with van der Waals surface area (Å²) in [7, 11) is 0. The van der Waals surface area contributed by atoms with Gasteiger partial charge in [-0.2, -0.15) is 0 Å². The van der Waals surface area contributed by atoms with E-state index >= 15 is 0 Å². The van der Waals surface area contributed by atoms with E-state index in [1.807, 2.05) is 32.9 Å². The van der Waals surface area contributed by atoms with Crippen molar-refractivity contribution in [1.82, 2.24) is 10.6 Å². The molecule has 2 rings (SSSR count). The summed E-state index contributed by atoms with van der Waals surface area (Å²) in [5.41, 5.74) is 1.98. The van der Waals surface area contributed by atoms with Crippen molar-refractivity contribution in [2.75, 3.05) is 0 Å². The molecule has 1 aliphatic rings. The van der Waals surface area contributed by atoms with Gasteiger partial charge in [-0.05, 0) is 64.2 Å². The molecule has 0 heterocycles. The number of carbonyl (C=O) groups is 1. The van der Waals surface area contributed by atoms with Crippen molar-refractivity contribution in [3.05, 3.63) is 34.6 Å². The minimum absolute atomic E-state index is 0.126. The Morgan fingerprint density at radius 1 is 1.22 bits per heavy atom. The predicted molar refractivity (Wildman–Crippen MR) is 88.9 cm³/mol. The van der Waals surface area contributed by atoms with Crippen LogP contribution in [0.2, 0.25) is 0 Å². The highest BCUT2D eigenvalue weighted by molar-refractivity contribution is 5.68. The second-order valence-electron chi connectivity index (χ2n) is 7.44. The topological polar surface area (TPSA) is 50.4 Å². The van der Waals surface area contributed by atoms with E-state index in [1.54, 1.807) is 13.8 Å². The van der Waals surface area contributed by atoms with Crippen LogP contribution in [0, 0.1) is 19.7 Å². The van der Waals surface area contributed by atoms with Gasteiger partial charge >= 0.3 is 6.09 Å². The standard InChI is InChI=1S/C18H27FN2O2/c1-11-6-13(7-12(2)16(11)19)10-20-14-8-15(9-14)21-17(22)23-18(3,4)5/h6-7,14-15,20H,8-10H2,1-5H3,(H,21,22). The maximum absolute atomic E-state index is 13.6. The van der Waals surface area contributed by atoms with E-state index in [2.05, 4.69) is 10.6 Å². The van der Waals surface area contributed by atoms with E-state index in [-0.39, 0.29) is 18.0 Å². The summed E-state index contributed by atoms with van der Waals surface area (Å²) in [6.45, 7) is 9.84. The first-order chi connectivity index (χ1) is 10.6. The van der Waals surface area contributed by atoms with Crippen LogP contribution in [0.4, 0.5) is 9.18 Å². The highest BCUT2D eigenvalue weighted by Crippen LogP contribution is 2.22. The molecule has 4 nitrogen and oxygen atoms in total. The van der Waals surface area contributed by atoms with Crippen molar-refractivity contribution in [3.8, 4) is 0 Å². The van der Waals surface area contributed by atoms with Gasteiger partial charge in [0.15, 0.2) is 0 Å². The Balaban J connectivity index is 1.72. The zero-order valence-corrected chi connectivity index (χ0v) is 14.6. The fraction of sp³-hybridized carbons (Fsp3) is 0.611. The summed E-state index contributed by atoms with van der Waals surface area (Å²) >= 11 is 0. The van der Waals surface area contributed by atoms with Crippen molar-refractivity contribution in [3.63, 3.8) is 0 Å². The molecule has 23 heavy (non-hydrogen) atoms. The first-order valence-corrected chi connectivity index (χ1v) is 8.12. The van der Waals surface area contributed by atoms with Gasteiger partial charge < -0.3 is 15.4 Å². The van der Waals surface area contributed by atoms with Gasteiger partial charge in [-0.25, -0.2) is 9.18 Å². The molecule has 0 aromatic heterocycles. The molecule has 0 aliphatic heterocycles. The van der Waals surface area contributed by atoms with Crippen molar-refractivity contribution < 1.29 is 13.9 Å². The van der Waals surface area contributed by atoms with Crippen molar-refractivity contribution in [2.45, 2.75) is 71.7 Å². The molecule has 1 saturated carbocycles. The molecular weight excluding hydrogens is 295 g/mol. The van der Waals surface area contributed by atoms with Gasteiger partial charge in [-0.1, -0.05) is 12.1 Å². The SMILES string of the molecule is Cc1cc(CNC2CC(NC(=O)OC(C)(C)C)C2)cc(C)c1F. The number of ether oxygens (including phenoxy) is 1. The molecule has 1 fully saturated rings. The number of rotatable bonds is 4. The Morgan fingerprint density at radius 2 is 1.78 bits per heavy atom. The Bertz CT molecular complexity index is 552. The molecule has 0 spiro atoms. The summed E-state index contributed by atoms with van der Waals surface area (Å²) in [4.78, 5) is 11.7. The quantitative estimate of drug-likeness (QED) is 0.891. The summed E-state index contributed by atoms with van der Waals surface area (Å²) in [5, 5.41) is 6.32. The lowest BCUT2D eigenvalue weighted by Gasteiger charge is -2.36. The van der Waals surface area contributed by atoms with Crippen LogP contribution in [0.1, 0.15) is 50.3 Å². The van der Waals surface area contributed by atoms with Gasteiger partial charge in [0.2, 0.25) is 0 Å². The van der Waals surface area contributed by atoms with Gasteiger partial charge in [0, 0.05) is 18.6 Å². The highest BCUT2D eigenvalue weighted by atomic mass is 19.1. The average Bonchev–Trinajstić information content (AvgIpc) is 2.36. The zero-order valence-electron chi connectivity index (χ0n) is 14.6. The van der Waals surface area contributed by atoms with Crippen molar-refractivity contribution in [1.29, 1.82) is 0 Å². The molecule has 1 aromatic carbocycles. The molecule has 0 radical (unpaired) electrons. The number of carbonyl (C=O) groups excluding carboxylic acids is 1. The third-order valence-electron chi connectivity index (χ3n) is 3.95. The number of amides is 1. The maximum Gasteiger partial charge on any atom is 0.407 e. The van der Waals surface area contributed by atoms with Gasteiger partial charge in [0.25, 0.3) is 0 Å². The molecule has 0 bridgehead atoms. The van der Waals surface area contributed by atoms with Crippen LogP contribution < -0.4 is 10.6 Å². The minimum Gasteiger partial charge on any atom is -0.444 e. The van der Waals surface area contributed by atoms with Crippen molar-refractivity contribution >= 4 is 6.09 Å². The van der Waals surface area contributed by atoms with Gasteiger partial charge in [-0.15, -0.1) is 0 Å². The Labute approximate surface area is 137 Å². The average molecular weight is 322 g/mol. The lowest BCUT2D eigenvalue weighted by Crippen LogP contribution is -2.52. The van der Waals surface area contributed by atoms with E-state index < -0.39 is 5.60 Å². The Morgan fingerprint density at radius 3 is 2.30 bits per heavy atom. The number of halogens is 1. The van der Waals surface area contributed by atoms with E-state index in [0.717, 1.165) is 18.4 Å². The van der Waals surface area contributed by atoms with Crippen LogP contribution in [0.25, 0.3) is 0 Å². The summed E-state index contributed by atoms with van der Waals surface area (Å²) in [6.07, 6.45) is 1.42. The first kappa shape index (κ1) is 17.7. The number of benzene rings is 1. The Kier molecular flexibility index (Phi) is 5.30. The molecule has 0 saturated heterocycles. The first-order valence-electron chi connectivity index (χ1n) is 8.12. The predicted octanol–water partition coefficient (Wildman–Crippen LogP) is 3.59. The number of hydrogen-bond acceptors (Lipinski definition) is 3. The molecule has 5 heteroatoms. The largest absolute Gasteiger partial charge is 0.444 e. The fourth-order valence-corrected chi connectivity index (χ4v) is 2.78. The maximum atomic E-state index is 13.6. The van der Waals surface area contributed by atoms with Gasteiger partial charge in [-0.3, -0.25) is 0 Å². The number of nitrogens with one attached hydrogen (secondary N) is 2. The third kappa shape index (κ3) is 5.20. The van der Waals surface area contributed by atoms with Crippen LogP contribution in [0.15, 0.2) is 12.1 Å². The lowest BCUT2D eigenvalue weighted by molar-refractivity contribution is 0.0465. The van der Waals surface area contributed by atoms with Crippen LogP contribution in [0.3, 0.4) is 0 Å². The van der Waals surface area contributed by atoms with Crippen LogP contribution in [-0.2, 0) is 11.3 Å². The normalized spacial score (nSPS) is 20.8. The smallest absolute Gasteiger partial charge is 0.407 e. The number of alkyl carbamates (subject to hydrolysis) is 1. The number of hydrogen-bond donors (Lipinski definition) is 2. The summed E-state index contributed by atoms with van der Waals surface area (Å²) in [6, 6.07) is 4.30. The fourth-order valence-electron chi connectivity index (χ4n) is 2.78. The third-order valence-corrected chi connectivity index (χ3v) is 3.95. The zero-order chi connectivity index (χ0) is 17.2. The van der Waals surface area contributed by atoms with E-state index in [4.69, 9.17) is 4.74 Å². The molecule has 128 valence electrons. The molecule has 0 unspecified atom stereocenters. The second kappa shape index (κ2) is 6.87. The monoisotopic (exact) mass is 322 g/mol. The molecule has 1 amide bonds. The highest BCUT2D eigenvalue weighted by Gasteiger charge is 2.31. The van der Waals surface area contributed by atoms with Gasteiger partial charge in [0.05, 0.1) is 0 Å². The van der Waals surface area contributed by atoms with Gasteiger partial charge in [0.1, 0.15) is 11.4 Å². The van der Waals surface area contributed by atoms with Crippen LogP contribution in [0.5, 0.6) is 0 Å². The molecular formula is C18H27FN2O2. The van der Waals surface area contributed by atoms with Crippen molar-refractivity contribution in [2.24, 2.45) is 0 Å². The lowest BCUT2D eigenvalue weighted by atomic mass is 9.86. The number of aryl methyl sites for hydroxylation is 2. The Hall–Kier alpha value is -1.62. The molecule has 0 atom stereocenters. The molecule has 2 N–H and O–H groups in total. The van der Waals surface area contributed by atoms with Crippen LogP contribution in [-0.4, -0.2) is 23.8 Å². The van der Waals surface area contributed by atoms with E-state index in [0.29, 0.717) is 23.7 Å². The van der Waals surface area contributed by atoms with Crippen LogP contribution >= 0.6 is 0 Å². The molecule has 1 aliphatic carbocycles.